The van der Waals surface area contributed by atoms with Gasteiger partial charge in [0.1, 0.15) is 11.4 Å². The van der Waals surface area contributed by atoms with Crippen molar-refractivity contribution >= 4 is 33.2 Å². The third kappa shape index (κ3) is 4.62. The molecule has 6 nitrogen and oxygen atoms in total. The number of halogens is 1. The third-order valence-electron chi connectivity index (χ3n) is 4.02. The topological polar surface area (TPSA) is 58.9 Å². The Labute approximate surface area is 160 Å². The molecule has 7 heteroatoms. The molecule has 0 atom stereocenters. The van der Waals surface area contributed by atoms with Gasteiger partial charge in [-0.05, 0) is 46.7 Å². The number of hydrogen-bond acceptors (Lipinski definition) is 4. The molecule has 26 heavy (non-hydrogen) atoms. The zero-order valence-electron chi connectivity index (χ0n) is 14.8. The summed E-state index contributed by atoms with van der Waals surface area (Å²) >= 11 is 3.46. The number of fused-ring (bicyclic) bond motifs is 1. The van der Waals surface area contributed by atoms with Gasteiger partial charge in [0.15, 0.2) is 0 Å². The van der Waals surface area contributed by atoms with E-state index in [1.165, 1.54) is 0 Å². The van der Waals surface area contributed by atoms with Crippen molar-refractivity contribution in [3.63, 3.8) is 0 Å². The summed E-state index contributed by atoms with van der Waals surface area (Å²) < 4.78 is 8.15. The fourth-order valence-corrected chi connectivity index (χ4v) is 3.06. The molecule has 0 radical (unpaired) electrons. The molecule has 0 aliphatic carbocycles. The van der Waals surface area contributed by atoms with Crippen molar-refractivity contribution in [3.8, 4) is 5.75 Å². The minimum absolute atomic E-state index is 0.0633. The molecule has 0 saturated heterocycles. The largest absolute Gasteiger partial charge is 0.497 e. The van der Waals surface area contributed by atoms with Gasteiger partial charge in [-0.2, -0.15) is 0 Å². The number of ether oxygens (including phenoxy) is 1. The van der Waals surface area contributed by atoms with E-state index in [-0.39, 0.29) is 5.91 Å². The first-order valence-electron chi connectivity index (χ1n) is 8.36. The lowest BCUT2D eigenvalue weighted by molar-refractivity contribution is -0.117. The quantitative estimate of drug-likeness (QED) is 0.639. The van der Waals surface area contributed by atoms with E-state index in [1.54, 1.807) is 13.2 Å². The summed E-state index contributed by atoms with van der Waals surface area (Å²) in [5.41, 5.74) is 2.54. The van der Waals surface area contributed by atoms with Crippen LogP contribution in [0, 0.1) is 0 Å². The van der Waals surface area contributed by atoms with Crippen molar-refractivity contribution in [2.75, 3.05) is 25.5 Å². The third-order valence-corrected chi connectivity index (χ3v) is 4.49. The summed E-state index contributed by atoms with van der Waals surface area (Å²) in [6.07, 6.45) is 3.96. The lowest BCUT2D eigenvalue weighted by Crippen LogP contribution is -2.32. The first-order valence-corrected chi connectivity index (χ1v) is 9.16. The van der Waals surface area contributed by atoms with Crippen LogP contribution in [0.4, 0.5) is 5.69 Å². The molecule has 1 N–H and O–H groups in total. The number of nitrogens with zero attached hydrogens (tertiary/aromatic N) is 3. The summed E-state index contributed by atoms with van der Waals surface area (Å²) in [5, 5.41) is 2.91. The van der Waals surface area contributed by atoms with E-state index in [0.29, 0.717) is 18.8 Å². The van der Waals surface area contributed by atoms with Crippen molar-refractivity contribution in [2.45, 2.75) is 13.5 Å². The van der Waals surface area contributed by atoms with Gasteiger partial charge in [-0.3, -0.25) is 9.69 Å². The van der Waals surface area contributed by atoms with E-state index in [9.17, 15) is 4.79 Å². The maximum Gasteiger partial charge on any atom is 0.238 e. The van der Waals surface area contributed by atoms with Crippen LogP contribution in [-0.2, 0) is 11.3 Å². The first kappa shape index (κ1) is 18.4. The molecule has 3 rings (SSSR count). The van der Waals surface area contributed by atoms with Crippen molar-refractivity contribution in [1.82, 2.24) is 14.3 Å². The molecule has 0 aliphatic rings. The van der Waals surface area contributed by atoms with E-state index in [0.717, 1.165) is 28.0 Å². The number of methoxy groups -OCH3 is 1. The summed E-state index contributed by atoms with van der Waals surface area (Å²) in [7, 11) is 1.60. The molecule has 0 spiro atoms. The molecule has 2 aromatic heterocycles. The molecular formula is C19H21BrN4O2. The maximum absolute atomic E-state index is 12.4. The second kappa shape index (κ2) is 8.33. The maximum atomic E-state index is 12.4. The van der Waals surface area contributed by atoms with Crippen LogP contribution in [-0.4, -0.2) is 40.4 Å². The highest BCUT2D eigenvalue weighted by atomic mass is 79.9. The van der Waals surface area contributed by atoms with Crippen molar-refractivity contribution in [3.05, 3.63) is 59.0 Å². The van der Waals surface area contributed by atoms with Crippen LogP contribution in [0.5, 0.6) is 5.75 Å². The number of carbonyl (C=O) groups is 1. The zero-order chi connectivity index (χ0) is 18.5. The van der Waals surface area contributed by atoms with Gasteiger partial charge in [-0.15, -0.1) is 0 Å². The number of aromatic nitrogens is 2. The highest BCUT2D eigenvalue weighted by Gasteiger charge is 2.12. The van der Waals surface area contributed by atoms with E-state index >= 15 is 0 Å². The second-order valence-corrected chi connectivity index (χ2v) is 6.84. The number of anilines is 1. The normalized spacial score (nSPS) is 11.1. The fourth-order valence-electron chi connectivity index (χ4n) is 2.71. The number of nitrogens with one attached hydrogen (secondary N) is 1. The lowest BCUT2D eigenvalue weighted by Gasteiger charge is -2.18. The van der Waals surface area contributed by atoms with Gasteiger partial charge in [0.05, 0.1) is 19.3 Å². The number of benzene rings is 1. The molecule has 3 aromatic rings. The summed E-state index contributed by atoms with van der Waals surface area (Å²) in [6, 6.07) is 11.3. The van der Waals surface area contributed by atoms with Gasteiger partial charge in [-0.25, -0.2) is 4.98 Å². The Hall–Kier alpha value is -2.38. The molecule has 0 unspecified atom stereocenters. The Kier molecular flexibility index (Phi) is 5.90. The van der Waals surface area contributed by atoms with Crippen LogP contribution in [0.3, 0.4) is 0 Å². The van der Waals surface area contributed by atoms with Gasteiger partial charge in [-0.1, -0.05) is 13.0 Å². The predicted molar refractivity (Wildman–Crippen MR) is 105 cm³/mol. The molecule has 0 saturated carbocycles. The Morgan fingerprint density at radius 3 is 2.92 bits per heavy atom. The molecule has 1 amide bonds. The number of hydrogen-bond donors (Lipinski definition) is 1. The van der Waals surface area contributed by atoms with Crippen LogP contribution in [0.25, 0.3) is 5.65 Å². The minimum atomic E-state index is -0.0633. The van der Waals surface area contributed by atoms with Gasteiger partial charge < -0.3 is 14.5 Å². The van der Waals surface area contributed by atoms with Crippen molar-refractivity contribution < 1.29 is 9.53 Å². The van der Waals surface area contributed by atoms with Gasteiger partial charge in [0.25, 0.3) is 0 Å². The van der Waals surface area contributed by atoms with Crippen molar-refractivity contribution in [2.24, 2.45) is 0 Å². The highest BCUT2D eigenvalue weighted by Crippen LogP contribution is 2.17. The average molecular weight is 417 g/mol. The van der Waals surface area contributed by atoms with Gasteiger partial charge in [0.2, 0.25) is 5.91 Å². The van der Waals surface area contributed by atoms with Gasteiger partial charge in [0, 0.05) is 35.2 Å². The SMILES string of the molecule is CCN(CC(=O)Nc1cccc(OC)c1)Cc1cn2cc(Br)ccc2n1. The van der Waals surface area contributed by atoms with Crippen LogP contribution in [0.1, 0.15) is 12.6 Å². The highest BCUT2D eigenvalue weighted by molar-refractivity contribution is 9.10. The smallest absolute Gasteiger partial charge is 0.238 e. The van der Waals surface area contributed by atoms with E-state index < -0.39 is 0 Å². The molecule has 1 aromatic carbocycles. The fraction of sp³-hybridized carbons (Fsp3) is 0.263. The Bertz CT molecular complexity index is 909. The van der Waals surface area contributed by atoms with Crippen LogP contribution < -0.4 is 10.1 Å². The van der Waals surface area contributed by atoms with E-state index in [1.807, 2.05) is 58.9 Å². The number of likely N-dealkylation sites (N-methyl/N-ethyl adjacent to an activating group) is 1. The molecule has 0 bridgehead atoms. The Morgan fingerprint density at radius 1 is 1.31 bits per heavy atom. The Morgan fingerprint density at radius 2 is 2.15 bits per heavy atom. The second-order valence-electron chi connectivity index (χ2n) is 5.93. The first-order chi connectivity index (χ1) is 12.6. The molecule has 136 valence electrons. The van der Waals surface area contributed by atoms with Crippen LogP contribution in [0.15, 0.2) is 53.3 Å². The van der Waals surface area contributed by atoms with E-state index in [4.69, 9.17) is 4.74 Å². The summed E-state index contributed by atoms with van der Waals surface area (Å²) in [6.45, 7) is 3.70. The number of rotatable bonds is 7. The molecule has 0 fully saturated rings. The number of amides is 1. The van der Waals surface area contributed by atoms with Gasteiger partial charge >= 0.3 is 0 Å². The average Bonchev–Trinajstić information content (AvgIpc) is 3.02. The Balaban J connectivity index is 1.63. The molecule has 0 aliphatic heterocycles. The number of pyridine rings is 1. The van der Waals surface area contributed by atoms with Crippen molar-refractivity contribution in [1.29, 1.82) is 0 Å². The molecule has 2 heterocycles. The monoisotopic (exact) mass is 416 g/mol. The lowest BCUT2D eigenvalue weighted by atomic mass is 10.3. The summed E-state index contributed by atoms with van der Waals surface area (Å²) in [5.74, 6) is 0.651. The van der Waals surface area contributed by atoms with Crippen LogP contribution >= 0.6 is 15.9 Å². The van der Waals surface area contributed by atoms with Crippen LogP contribution in [0.2, 0.25) is 0 Å². The number of imidazole rings is 1. The zero-order valence-corrected chi connectivity index (χ0v) is 16.4. The van der Waals surface area contributed by atoms with E-state index in [2.05, 4.69) is 26.2 Å². The molecular weight excluding hydrogens is 396 g/mol. The predicted octanol–water partition coefficient (Wildman–Crippen LogP) is 3.57. The summed E-state index contributed by atoms with van der Waals surface area (Å²) in [4.78, 5) is 19.0. The number of carbonyl (C=O) groups excluding carboxylic acids is 1. The standard InChI is InChI=1S/C19H21BrN4O2/c1-3-23(11-16-12-24-10-14(20)7-8-18(24)21-16)13-19(25)22-15-5-4-6-17(9-15)26-2/h4-10,12H,3,11,13H2,1-2H3,(H,22,25). The minimum Gasteiger partial charge on any atom is -0.497 e.